The first-order valence-electron chi connectivity index (χ1n) is 20.0. The van der Waals surface area contributed by atoms with Crippen molar-refractivity contribution in [3.63, 3.8) is 0 Å². The lowest BCUT2D eigenvalue weighted by Gasteiger charge is -2.14. The Morgan fingerprint density at radius 1 is 0.333 bits per heavy atom. The molecule has 12 nitrogen and oxygen atoms in total. The smallest absolute Gasteiger partial charge is 0.182 e. The van der Waals surface area contributed by atoms with E-state index < -0.39 is 0 Å². The molecule has 0 saturated carbocycles. The van der Waals surface area contributed by atoms with Gasteiger partial charge in [-0.15, -0.1) is 20.4 Å². The zero-order valence-electron chi connectivity index (χ0n) is 33.1. The Bertz CT molecular complexity index is 2190. The standard InChI is InChI=1S/C48H46N8O4/c1-5-13-39(14-6-1)45-51-52-46(40-15-7-2-8-16-40)55(45)49-35-37-21-25-43(26-22-37)59-33-31-57-29-30-58-32-34-60-44-27-23-38(24-28-44)36-50-56-47(41-17-9-3-10-18-41)53-54-48(56)42-19-11-4-12-20-42/h1-28,49-50H,29-36H2. The van der Waals surface area contributed by atoms with Gasteiger partial charge in [-0.3, -0.25) is 0 Å². The van der Waals surface area contributed by atoms with E-state index in [0.29, 0.717) is 52.7 Å². The van der Waals surface area contributed by atoms with Crippen molar-refractivity contribution < 1.29 is 18.9 Å². The summed E-state index contributed by atoms with van der Waals surface area (Å²) in [6.07, 6.45) is 0. The number of hydrogen-bond donors (Lipinski definition) is 2. The Morgan fingerprint density at radius 3 is 0.917 bits per heavy atom. The molecule has 2 aromatic heterocycles. The van der Waals surface area contributed by atoms with Crippen molar-refractivity contribution >= 4 is 0 Å². The van der Waals surface area contributed by atoms with Gasteiger partial charge in [0.2, 0.25) is 0 Å². The summed E-state index contributed by atoms with van der Waals surface area (Å²) in [6, 6.07) is 56.2. The third-order valence-electron chi connectivity index (χ3n) is 9.55. The van der Waals surface area contributed by atoms with Crippen LogP contribution in [0.2, 0.25) is 0 Å². The van der Waals surface area contributed by atoms with E-state index in [1.54, 1.807) is 0 Å². The van der Waals surface area contributed by atoms with E-state index in [2.05, 4.69) is 31.2 Å². The highest BCUT2D eigenvalue weighted by Gasteiger charge is 2.17. The zero-order valence-corrected chi connectivity index (χ0v) is 33.1. The van der Waals surface area contributed by atoms with E-state index in [4.69, 9.17) is 18.9 Å². The third kappa shape index (κ3) is 10.4. The molecule has 8 rings (SSSR count). The highest BCUT2D eigenvalue weighted by molar-refractivity contribution is 5.64. The molecule has 0 atom stereocenters. The Morgan fingerprint density at radius 2 is 0.617 bits per heavy atom. The molecule has 0 fully saturated rings. The van der Waals surface area contributed by atoms with Crippen LogP contribution in [0, 0.1) is 0 Å². The van der Waals surface area contributed by atoms with Crippen molar-refractivity contribution in [1.82, 2.24) is 29.7 Å². The molecule has 0 aliphatic heterocycles. The fourth-order valence-corrected chi connectivity index (χ4v) is 6.47. The first-order valence-corrected chi connectivity index (χ1v) is 20.0. The topological polar surface area (TPSA) is 122 Å². The Kier molecular flexibility index (Phi) is 13.5. The number of benzene rings is 6. The van der Waals surface area contributed by atoms with Crippen molar-refractivity contribution in [3.8, 4) is 57.1 Å². The van der Waals surface area contributed by atoms with Crippen LogP contribution < -0.4 is 20.3 Å². The van der Waals surface area contributed by atoms with E-state index in [9.17, 15) is 0 Å². The van der Waals surface area contributed by atoms with E-state index in [1.807, 2.05) is 179 Å². The van der Waals surface area contributed by atoms with Gasteiger partial charge < -0.3 is 29.8 Å². The third-order valence-corrected chi connectivity index (χ3v) is 9.55. The van der Waals surface area contributed by atoms with Crippen LogP contribution in [-0.2, 0) is 22.6 Å². The molecule has 0 amide bonds. The fraction of sp³-hybridized carbons (Fsp3) is 0.167. The quantitative estimate of drug-likeness (QED) is 0.0685. The minimum absolute atomic E-state index is 0.440. The molecule has 0 spiro atoms. The summed E-state index contributed by atoms with van der Waals surface area (Å²) in [5.74, 6) is 4.57. The summed E-state index contributed by atoms with van der Waals surface area (Å²) in [7, 11) is 0. The molecule has 0 aliphatic carbocycles. The molecule has 0 saturated heterocycles. The molecule has 0 aliphatic rings. The van der Waals surface area contributed by atoms with Gasteiger partial charge in [0.15, 0.2) is 23.3 Å². The normalized spacial score (nSPS) is 11.0. The maximum atomic E-state index is 5.91. The number of ether oxygens (including phenoxy) is 4. The number of nitrogens with zero attached hydrogens (tertiary/aromatic N) is 6. The summed E-state index contributed by atoms with van der Waals surface area (Å²) in [5.41, 5.74) is 13.1. The van der Waals surface area contributed by atoms with Crippen LogP contribution in [0.3, 0.4) is 0 Å². The largest absolute Gasteiger partial charge is 0.491 e. The van der Waals surface area contributed by atoms with Crippen LogP contribution in [0.4, 0.5) is 0 Å². The second-order valence-electron chi connectivity index (χ2n) is 13.7. The number of rotatable bonds is 21. The molecule has 0 radical (unpaired) electrons. The second kappa shape index (κ2) is 20.4. The summed E-state index contributed by atoms with van der Waals surface area (Å²) in [4.78, 5) is 0. The lowest BCUT2D eigenvalue weighted by Crippen LogP contribution is -2.17. The maximum absolute atomic E-state index is 5.91. The van der Waals surface area contributed by atoms with Crippen LogP contribution in [-0.4, -0.2) is 69.4 Å². The van der Waals surface area contributed by atoms with Crippen molar-refractivity contribution in [2.24, 2.45) is 0 Å². The Balaban J connectivity index is 0.710. The van der Waals surface area contributed by atoms with Crippen LogP contribution in [0.1, 0.15) is 11.1 Å². The van der Waals surface area contributed by atoms with E-state index >= 15 is 0 Å². The minimum atomic E-state index is 0.440. The van der Waals surface area contributed by atoms with Gasteiger partial charge in [-0.05, 0) is 35.4 Å². The first-order chi connectivity index (χ1) is 29.8. The van der Waals surface area contributed by atoms with E-state index in [0.717, 1.165) is 68.2 Å². The Hall–Kier alpha value is -7.28. The second-order valence-corrected chi connectivity index (χ2v) is 13.7. The maximum Gasteiger partial charge on any atom is 0.182 e. The average molecular weight is 799 g/mol. The lowest BCUT2D eigenvalue weighted by atomic mass is 10.2. The molecule has 12 heteroatoms. The molecule has 60 heavy (non-hydrogen) atoms. The molecule has 0 unspecified atom stereocenters. The van der Waals surface area contributed by atoms with Gasteiger partial charge in [-0.1, -0.05) is 146 Å². The molecule has 302 valence electrons. The molecule has 2 N–H and O–H groups in total. The summed E-state index contributed by atoms with van der Waals surface area (Å²) < 4.78 is 27.1. The first kappa shape index (κ1) is 39.5. The molecule has 6 aromatic carbocycles. The predicted octanol–water partition coefficient (Wildman–Crippen LogP) is 8.52. The number of nitrogens with one attached hydrogen (secondary N) is 2. The van der Waals surface area contributed by atoms with E-state index in [1.165, 1.54) is 0 Å². The minimum Gasteiger partial charge on any atom is -0.491 e. The summed E-state index contributed by atoms with van der Waals surface area (Å²) in [5, 5.41) is 18.0. The van der Waals surface area contributed by atoms with Gasteiger partial charge in [-0.2, -0.15) is 0 Å². The molecule has 8 aromatic rings. The molecular weight excluding hydrogens is 753 g/mol. The van der Waals surface area contributed by atoms with Gasteiger partial charge in [-0.25, -0.2) is 9.35 Å². The average Bonchev–Trinajstić information content (AvgIpc) is 3.95. The van der Waals surface area contributed by atoms with Crippen LogP contribution in [0.25, 0.3) is 45.6 Å². The highest BCUT2D eigenvalue weighted by atomic mass is 16.6. The SMILES string of the molecule is c1ccc(-c2nnc(-c3ccccc3)n2NCc2ccc(OCCOCCOCCOc3ccc(CNn4c(-c5ccccc5)nnc4-c4ccccc4)cc3)cc2)cc1. The van der Waals surface area contributed by atoms with Crippen LogP contribution in [0.5, 0.6) is 11.5 Å². The molecule has 0 bridgehead atoms. The molecular formula is C48H46N8O4. The van der Waals surface area contributed by atoms with E-state index in [-0.39, 0.29) is 0 Å². The van der Waals surface area contributed by atoms with Gasteiger partial charge in [0.05, 0.1) is 39.5 Å². The number of aromatic nitrogens is 6. The summed E-state index contributed by atoms with van der Waals surface area (Å²) >= 11 is 0. The monoisotopic (exact) mass is 798 g/mol. The van der Waals surface area contributed by atoms with Crippen molar-refractivity contribution in [2.75, 3.05) is 50.5 Å². The van der Waals surface area contributed by atoms with Crippen LogP contribution in [0.15, 0.2) is 170 Å². The predicted molar refractivity (Wildman–Crippen MR) is 233 cm³/mol. The van der Waals surface area contributed by atoms with Gasteiger partial charge in [0.1, 0.15) is 24.7 Å². The lowest BCUT2D eigenvalue weighted by molar-refractivity contribution is 0.0273. The zero-order chi connectivity index (χ0) is 40.6. The van der Waals surface area contributed by atoms with Gasteiger partial charge >= 0.3 is 0 Å². The highest BCUT2D eigenvalue weighted by Crippen LogP contribution is 2.25. The van der Waals surface area contributed by atoms with Crippen molar-refractivity contribution in [2.45, 2.75) is 13.1 Å². The van der Waals surface area contributed by atoms with Crippen molar-refractivity contribution in [3.05, 3.63) is 181 Å². The number of hydrogen-bond acceptors (Lipinski definition) is 10. The summed E-state index contributed by atoms with van der Waals surface area (Å²) in [6.45, 7) is 3.90. The fourth-order valence-electron chi connectivity index (χ4n) is 6.47. The van der Waals surface area contributed by atoms with Gasteiger partial charge in [0, 0.05) is 22.3 Å². The molecule has 2 heterocycles. The Labute approximate surface area is 349 Å². The van der Waals surface area contributed by atoms with Gasteiger partial charge in [0.25, 0.3) is 0 Å². The van der Waals surface area contributed by atoms with Crippen LogP contribution >= 0.6 is 0 Å². The van der Waals surface area contributed by atoms with Crippen molar-refractivity contribution in [1.29, 1.82) is 0 Å².